The van der Waals surface area contributed by atoms with E-state index >= 15 is 0 Å². The molecule has 1 aromatic heterocycles. The van der Waals surface area contributed by atoms with E-state index in [1.54, 1.807) is 0 Å². The molecule has 2 atom stereocenters. The first-order valence-electron chi connectivity index (χ1n) is 5.81. The van der Waals surface area contributed by atoms with Gasteiger partial charge in [-0.25, -0.2) is 0 Å². The Kier molecular flexibility index (Phi) is 1.79. The molecule has 0 aliphatic heterocycles. The first-order chi connectivity index (χ1) is 7.19. The van der Waals surface area contributed by atoms with E-state index in [1.807, 2.05) is 12.3 Å². The van der Waals surface area contributed by atoms with Crippen molar-refractivity contribution < 1.29 is 0 Å². The molecular formula is C14H17N. The molecule has 1 fully saturated rings. The van der Waals surface area contributed by atoms with Crippen LogP contribution in [-0.2, 0) is 0 Å². The number of aromatic nitrogens is 1. The Hall–Kier alpha value is -1.11. The van der Waals surface area contributed by atoms with Crippen molar-refractivity contribution in [1.82, 2.24) is 4.98 Å². The Morgan fingerprint density at radius 2 is 2.20 bits per heavy atom. The standard InChI is InChI=1S/C14H17N/c1-14(2)10-6-7-11(12(14)9-10)13-5-3-4-8-15-13/h3-5,7-8,10,12H,6,9H2,1-2H3. The van der Waals surface area contributed by atoms with E-state index in [4.69, 9.17) is 0 Å². The zero-order chi connectivity index (χ0) is 10.5. The topological polar surface area (TPSA) is 12.9 Å². The third-order valence-corrected chi connectivity index (χ3v) is 4.43. The van der Waals surface area contributed by atoms with Gasteiger partial charge in [0.2, 0.25) is 0 Å². The minimum absolute atomic E-state index is 0.502. The summed E-state index contributed by atoms with van der Waals surface area (Å²) in [6.07, 6.45) is 6.92. The summed E-state index contributed by atoms with van der Waals surface area (Å²) in [7, 11) is 0. The molecule has 4 rings (SSSR count). The first-order valence-corrected chi connectivity index (χ1v) is 5.81. The zero-order valence-corrected chi connectivity index (χ0v) is 9.40. The second kappa shape index (κ2) is 2.94. The van der Waals surface area contributed by atoms with Crippen LogP contribution in [0.25, 0.3) is 5.57 Å². The van der Waals surface area contributed by atoms with Gasteiger partial charge in [-0.1, -0.05) is 26.0 Å². The summed E-state index contributed by atoms with van der Waals surface area (Å²) in [5.41, 5.74) is 3.18. The highest BCUT2D eigenvalue weighted by Crippen LogP contribution is 2.61. The monoisotopic (exact) mass is 199 g/mol. The van der Waals surface area contributed by atoms with Gasteiger partial charge in [-0.15, -0.1) is 0 Å². The number of nitrogens with zero attached hydrogens (tertiary/aromatic N) is 1. The van der Waals surface area contributed by atoms with E-state index in [0.29, 0.717) is 5.41 Å². The molecule has 0 radical (unpaired) electrons. The minimum Gasteiger partial charge on any atom is -0.257 e. The summed E-state index contributed by atoms with van der Waals surface area (Å²) in [5, 5.41) is 0. The summed E-state index contributed by atoms with van der Waals surface area (Å²) < 4.78 is 0. The van der Waals surface area contributed by atoms with Crippen LogP contribution in [0, 0.1) is 17.3 Å². The van der Waals surface area contributed by atoms with Gasteiger partial charge in [0, 0.05) is 6.20 Å². The predicted molar refractivity (Wildman–Crippen MR) is 62.2 cm³/mol. The lowest BCUT2D eigenvalue weighted by Gasteiger charge is -2.56. The lowest BCUT2D eigenvalue weighted by Crippen LogP contribution is -2.47. The van der Waals surface area contributed by atoms with Crippen LogP contribution < -0.4 is 0 Å². The number of pyridine rings is 1. The summed E-state index contributed by atoms with van der Waals surface area (Å²) in [6, 6.07) is 6.21. The van der Waals surface area contributed by atoms with Crippen molar-refractivity contribution >= 4 is 5.57 Å². The Balaban J connectivity index is 1.99. The molecule has 1 heteroatoms. The van der Waals surface area contributed by atoms with E-state index in [1.165, 1.54) is 24.1 Å². The highest BCUT2D eigenvalue weighted by atomic mass is 14.7. The number of allylic oxidation sites excluding steroid dienone is 2. The lowest BCUT2D eigenvalue weighted by atomic mass is 9.48. The summed E-state index contributed by atoms with van der Waals surface area (Å²) in [4.78, 5) is 4.47. The Morgan fingerprint density at radius 1 is 1.33 bits per heavy atom. The predicted octanol–water partition coefficient (Wildman–Crippen LogP) is 3.53. The van der Waals surface area contributed by atoms with Crippen molar-refractivity contribution in [2.24, 2.45) is 17.3 Å². The van der Waals surface area contributed by atoms with Crippen molar-refractivity contribution in [2.45, 2.75) is 26.7 Å². The average molecular weight is 199 g/mol. The molecule has 1 nitrogen and oxygen atoms in total. The van der Waals surface area contributed by atoms with Crippen LogP contribution in [0.5, 0.6) is 0 Å². The van der Waals surface area contributed by atoms with Crippen LogP contribution in [0.15, 0.2) is 30.5 Å². The molecule has 0 spiro atoms. The van der Waals surface area contributed by atoms with Gasteiger partial charge in [0.15, 0.2) is 0 Å². The maximum atomic E-state index is 4.47. The third-order valence-electron chi connectivity index (χ3n) is 4.43. The molecule has 2 unspecified atom stereocenters. The third kappa shape index (κ3) is 1.19. The molecule has 2 bridgehead atoms. The van der Waals surface area contributed by atoms with Gasteiger partial charge < -0.3 is 0 Å². The van der Waals surface area contributed by atoms with Crippen LogP contribution in [-0.4, -0.2) is 4.98 Å². The van der Waals surface area contributed by atoms with Crippen LogP contribution in [0.3, 0.4) is 0 Å². The first kappa shape index (κ1) is 9.14. The van der Waals surface area contributed by atoms with Gasteiger partial charge >= 0.3 is 0 Å². The molecule has 0 amide bonds. The smallest absolute Gasteiger partial charge is 0.0661 e. The maximum absolute atomic E-state index is 4.47. The fourth-order valence-corrected chi connectivity index (χ4v) is 3.17. The highest BCUT2D eigenvalue weighted by Gasteiger charge is 2.51. The van der Waals surface area contributed by atoms with Gasteiger partial charge in [0.25, 0.3) is 0 Å². The second-order valence-electron chi connectivity index (χ2n) is 5.42. The molecule has 15 heavy (non-hydrogen) atoms. The Bertz CT molecular complexity index is 403. The van der Waals surface area contributed by atoms with Crippen molar-refractivity contribution in [3.05, 3.63) is 36.2 Å². The number of fused-ring (bicyclic) bond motifs is 1. The summed E-state index contributed by atoms with van der Waals surface area (Å²) >= 11 is 0. The van der Waals surface area contributed by atoms with Crippen molar-refractivity contribution in [3.63, 3.8) is 0 Å². The molecule has 0 aromatic carbocycles. The highest BCUT2D eigenvalue weighted by molar-refractivity contribution is 5.68. The zero-order valence-electron chi connectivity index (χ0n) is 9.40. The minimum atomic E-state index is 0.502. The van der Waals surface area contributed by atoms with Gasteiger partial charge in [-0.2, -0.15) is 0 Å². The van der Waals surface area contributed by atoms with E-state index in [-0.39, 0.29) is 0 Å². The molecular weight excluding hydrogens is 182 g/mol. The van der Waals surface area contributed by atoms with Crippen LogP contribution in [0.2, 0.25) is 0 Å². The lowest BCUT2D eigenvalue weighted by molar-refractivity contribution is 0.0111. The van der Waals surface area contributed by atoms with E-state index in [0.717, 1.165) is 11.8 Å². The summed E-state index contributed by atoms with van der Waals surface area (Å²) in [5.74, 6) is 1.65. The maximum Gasteiger partial charge on any atom is 0.0661 e. The van der Waals surface area contributed by atoms with Crippen molar-refractivity contribution in [2.75, 3.05) is 0 Å². The van der Waals surface area contributed by atoms with Crippen molar-refractivity contribution in [3.8, 4) is 0 Å². The molecule has 1 aromatic rings. The van der Waals surface area contributed by atoms with E-state index in [2.05, 4.69) is 37.0 Å². The number of hydrogen-bond acceptors (Lipinski definition) is 1. The van der Waals surface area contributed by atoms with Crippen LogP contribution >= 0.6 is 0 Å². The van der Waals surface area contributed by atoms with Gasteiger partial charge in [-0.05, 0) is 47.8 Å². The van der Waals surface area contributed by atoms with Gasteiger partial charge in [0.1, 0.15) is 0 Å². The summed E-state index contributed by atoms with van der Waals surface area (Å²) in [6.45, 7) is 4.81. The van der Waals surface area contributed by atoms with Gasteiger partial charge in [0.05, 0.1) is 5.69 Å². The number of hydrogen-bond donors (Lipinski definition) is 0. The second-order valence-corrected chi connectivity index (χ2v) is 5.42. The SMILES string of the molecule is CC1(C)C2CC=C(c3ccccn3)C1C2. The number of rotatable bonds is 1. The molecule has 0 N–H and O–H groups in total. The average Bonchev–Trinajstić information content (AvgIpc) is 2.30. The molecule has 1 saturated carbocycles. The van der Waals surface area contributed by atoms with Gasteiger partial charge in [-0.3, -0.25) is 4.98 Å². The van der Waals surface area contributed by atoms with E-state index in [9.17, 15) is 0 Å². The Morgan fingerprint density at radius 3 is 2.80 bits per heavy atom. The fraction of sp³-hybridized carbons (Fsp3) is 0.500. The van der Waals surface area contributed by atoms with Crippen LogP contribution in [0.1, 0.15) is 32.4 Å². The molecule has 3 aliphatic carbocycles. The largest absolute Gasteiger partial charge is 0.257 e. The van der Waals surface area contributed by atoms with Crippen molar-refractivity contribution in [1.29, 1.82) is 0 Å². The quantitative estimate of drug-likeness (QED) is 0.674. The molecule has 3 aliphatic rings. The molecule has 1 heterocycles. The molecule has 0 saturated heterocycles. The van der Waals surface area contributed by atoms with Crippen LogP contribution in [0.4, 0.5) is 0 Å². The Labute approximate surface area is 91.2 Å². The van der Waals surface area contributed by atoms with E-state index < -0.39 is 0 Å². The molecule has 78 valence electrons. The fourth-order valence-electron chi connectivity index (χ4n) is 3.17. The normalized spacial score (nSPS) is 31.7.